The fraction of sp³-hybridized carbons (Fsp3) is 0.143. The molecule has 0 radical (unpaired) electrons. The highest BCUT2D eigenvalue weighted by Crippen LogP contribution is 2.45. The molecule has 0 saturated heterocycles. The smallest absolute Gasteiger partial charge is 0.132 e. The summed E-state index contributed by atoms with van der Waals surface area (Å²) in [5.74, 6) is 0.306. The fourth-order valence-corrected chi connectivity index (χ4v) is 3.04. The van der Waals surface area contributed by atoms with Crippen molar-refractivity contribution < 1.29 is 22.4 Å². The monoisotopic (exact) mass is 294 g/mol. The first-order chi connectivity index (χ1) is 8.63. The van der Waals surface area contributed by atoms with E-state index in [0.717, 1.165) is 16.3 Å². The number of phenols is 1. The quantitative estimate of drug-likeness (QED) is 0.524. The molecule has 19 heavy (non-hydrogen) atoms. The number of hydrogen-bond donors (Lipinski definition) is 3. The van der Waals surface area contributed by atoms with Gasteiger partial charge in [-0.25, -0.2) is 0 Å². The lowest BCUT2D eigenvalue weighted by atomic mass is 10.2. The van der Waals surface area contributed by atoms with E-state index >= 15 is 0 Å². The van der Waals surface area contributed by atoms with Crippen LogP contribution in [0.4, 0.5) is 17.1 Å². The Morgan fingerprint density at radius 1 is 1.00 bits per heavy atom. The maximum Gasteiger partial charge on any atom is 0.132 e. The molecule has 1 aliphatic heterocycles. The average Bonchev–Trinajstić information content (AvgIpc) is 2.35. The highest BCUT2D eigenvalue weighted by Gasteiger charge is 2.17. The van der Waals surface area contributed by atoms with Gasteiger partial charge in [0.25, 0.3) is 0 Å². The SMILES string of the molecule is C[NH+](C)c1ccc2c(c1)Sc1cc(O)ccc1N2.[Cl-]. The minimum Gasteiger partial charge on any atom is -1.00 e. The van der Waals surface area contributed by atoms with Crippen molar-refractivity contribution in [2.75, 3.05) is 19.4 Å². The summed E-state index contributed by atoms with van der Waals surface area (Å²) in [5.41, 5.74) is 3.44. The molecular weight excluding hydrogens is 280 g/mol. The van der Waals surface area contributed by atoms with Crippen LogP contribution in [0.25, 0.3) is 0 Å². The summed E-state index contributed by atoms with van der Waals surface area (Å²) in [5, 5.41) is 12.9. The van der Waals surface area contributed by atoms with Gasteiger partial charge in [0.2, 0.25) is 0 Å². The van der Waals surface area contributed by atoms with Gasteiger partial charge >= 0.3 is 0 Å². The third kappa shape index (κ3) is 2.66. The van der Waals surface area contributed by atoms with Crippen LogP contribution in [0.3, 0.4) is 0 Å². The summed E-state index contributed by atoms with van der Waals surface area (Å²) in [6.45, 7) is 0. The number of quaternary nitrogens is 1. The number of benzene rings is 2. The normalized spacial score (nSPS) is 12.2. The molecule has 0 amide bonds. The van der Waals surface area contributed by atoms with Crippen molar-refractivity contribution in [1.29, 1.82) is 0 Å². The molecule has 0 fully saturated rings. The summed E-state index contributed by atoms with van der Waals surface area (Å²) < 4.78 is 0. The maximum atomic E-state index is 9.53. The number of fused-ring (bicyclic) bond motifs is 2. The van der Waals surface area contributed by atoms with Crippen molar-refractivity contribution in [2.24, 2.45) is 0 Å². The molecule has 1 aliphatic rings. The molecule has 2 aromatic rings. The molecule has 3 nitrogen and oxygen atoms in total. The largest absolute Gasteiger partial charge is 1.00 e. The first-order valence-electron chi connectivity index (χ1n) is 5.86. The maximum absolute atomic E-state index is 9.53. The van der Waals surface area contributed by atoms with Crippen LogP contribution in [0.15, 0.2) is 46.2 Å². The van der Waals surface area contributed by atoms with E-state index in [4.69, 9.17) is 0 Å². The van der Waals surface area contributed by atoms with E-state index in [0.29, 0.717) is 5.75 Å². The third-order valence-electron chi connectivity index (χ3n) is 3.01. The molecule has 0 spiro atoms. The van der Waals surface area contributed by atoms with E-state index in [2.05, 4.69) is 37.6 Å². The van der Waals surface area contributed by atoms with Crippen LogP contribution in [0, 0.1) is 0 Å². The number of anilines is 2. The third-order valence-corrected chi connectivity index (χ3v) is 4.13. The summed E-state index contributed by atoms with van der Waals surface area (Å²) >= 11 is 1.69. The van der Waals surface area contributed by atoms with Gasteiger partial charge in [-0.1, -0.05) is 11.8 Å². The van der Waals surface area contributed by atoms with Crippen molar-refractivity contribution in [1.82, 2.24) is 0 Å². The first kappa shape index (κ1) is 14.1. The number of rotatable bonds is 1. The van der Waals surface area contributed by atoms with E-state index in [-0.39, 0.29) is 12.4 Å². The fourth-order valence-electron chi connectivity index (χ4n) is 1.98. The van der Waals surface area contributed by atoms with Crippen LogP contribution < -0.4 is 22.6 Å². The topological polar surface area (TPSA) is 36.7 Å². The van der Waals surface area contributed by atoms with Crippen molar-refractivity contribution >= 4 is 28.8 Å². The molecule has 100 valence electrons. The Balaban J connectivity index is 0.00000133. The molecule has 0 aromatic heterocycles. The molecule has 0 saturated carbocycles. The predicted octanol–water partition coefficient (Wildman–Crippen LogP) is -0.620. The van der Waals surface area contributed by atoms with Gasteiger partial charge in [0.1, 0.15) is 11.4 Å². The lowest BCUT2D eigenvalue weighted by molar-refractivity contribution is -0.786. The number of halogens is 1. The van der Waals surface area contributed by atoms with Gasteiger partial charge in [0.15, 0.2) is 0 Å². The van der Waals surface area contributed by atoms with E-state index in [9.17, 15) is 5.11 Å². The number of aromatic hydroxyl groups is 1. The summed E-state index contributed by atoms with van der Waals surface area (Å²) in [6.07, 6.45) is 0. The number of phenolic OH excluding ortho intramolecular Hbond substituents is 1. The van der Waals surface area contributed by atoms with Crippen molar-refractivity contribution in [2.45, 2.75) is 9.79 Å². The molecule has 3 rings (SSSR count). The van der Waals surface area contributed by atoms with Crippen molar-refractivity contribution in [3.63, 3.8) is 0 Å². The molecule has 0 atom stereocenters. The Labute approximate surface area is 123 Å². The Bertz CT molecular complexity index is 616. The Kier molecular flexibility index (Phi) is 3.94. The van der Waals surface area contributed by atoms with Gasteiger partial charge in [-0.15, -0.1) is 0 Å². The number of hydrogen-bond acceptors (Lipinski definition) is 3. The first-order valence-corrected chi connectivity index (χ1v) is 6.67. The van der Waals surface area contributed by atoms with Crippen LogP contribution in [0.5, 0.6) is 5.75 Å². The van der Waals surface area contributed by atoms with Crippen molar-refractivity contribution in [3.05, 3.63) is 36.4 Å². The molecule has 1 heterocycles. The van der Waals surface area contributed by atoms with Gasteiger partial charge in [-0.05, 0) is 24.3 Å². The molecule has 0 aliphatic carbocycles. The van der Waals surface area contributed by atoms with E-state index in [1.54, 1.807) is 23.9 Å². The molecule has 2 aromatic carbocycles. The predicted molar refractivity (Wildman–Crippen MR) is 74.4 cm³/mol. The summed E-state index contributed by atoms with van der Waals surface area (Å²) in [6, 6.07) is 11.8. The van der Waals surface area contributed by atoms with Crippen LogP contribution in [0.1, 0.15) is 0 Å². The zero-order valence-corrected chi connectivity index (χ0v) is 12.3. The zero-order chi connectivity index (χ0) is 12.7. The minimum atomic E-state index is 0. The standard InChI is InChI=1S/C14H14N2OS.ClH/c1-16(2)9-3-5-11-13(7-9)18-14-8-10(17)4-6-12(14)15-11;/h3-8,15,17H,1-2H3;1H. The van der Waals surface area contributed by atoms with Crippen LogP contribution >= 0.6 is 11.8 Å². The highest BCUT2D eigenvalue weighted by atomic mass is 35.5. The zero-order valence-electron chi connectivity index (χ0n) is 10.7. The second-order valence-electron chi connectivity index (χ2n) is 4.62. The Morgan fingerprint density at radius 2 is 1.63 bits per heavy atom. The highest BCUT2D eigenvalue weighted by molar-refractivity contribution is 7.99. The summed E-state index contributed by atoms with van der Waals surface area (Å²) in [4.78, 5) is 3.57. The molecule has 5 heteroatoms. The Morgan fingerprint density at radius 3 is 2.32 bits per heavy atom. The van der Waals surface area contributed by atoms with Gasteiger partial charge in [0.05, 0.1) is 25.5 Å². The van der Waals surface area contributed by atoms with Gasteiger partial charge in [-0.3, -0.25) is 0 Å². The van der Waals surface area contributed by atoms with E-state index < -0.39 is 0 Å². The summed E-state index contributed by atoms with van der Waals surface area (Å²) in [7, 11) is 4.23. The minimum absolute atomic E-state index is 0. The number of nitrogens with one attached hydrogen (secondary N) is 2. The van der Waals surface area contributed by atoms with Gasteiger partial charge < -0.3 is 27.7 Å². The van der Waals surface area contributed by atoms with Gasteiger partial charge in [0, 0.05) is 21.9 Å². The van der Waals surface area contributed by atoms with Crippen LogP contribution in [-0.4, -0.2) is 19.2 Å². The molecule has 3 N–H and O–H groups in total. The second kappa shape index (κ2) is 5.33. The average molecular weight is 295 g/mol. The molecular formula is C14H15ClN2OS. The van der Waals surface area contributed by atoms with E-state index in [1.165, 1.54) is 15.5 Å². The van der Waals surface area contributed by atoms with Crippen LogP contribution in [0.2, 0.25) is 0 Å². The van der Waals surface area contributed by atoms with Gasteiger partial charge in [-0.2, -0.15) is 0 Å². The molecule has 0 unspecified atom stereocenters. The molecule has 0 bridgehead atoms. The van der Waals surface area contributed by atoms with E-state index in [1.807, 2.05) is 6.07 Å². The lowest BCUT2D eigenvalue weighted by Gasteiger charge is -2.21. The van der Waals surface area contributed by atoms with Crippen molar-refractivity contribution in [3.8, 4) is 5.75 Å². The second-order valence-corrected chi connectivity index (χ2v) is 5.70. The van der Waals surface area contributed by atoms with Crippen LogP contribution in [-0.2, 0) is 0 Å². The lowest BCUT2D eigenvalue weighted by Crippen LogP contribution is -3.00. The Hall–Kier alpha value is -1.36.